The van der Waals surface area contributed by atoms with Crippen LogP contribution in [-0.2, 0) is 14.8 Å². The van der Waals surface area contributed by atoms with Crippen LogP contribution in [0, 0.1) is 0 Å². The third-order valence-corrected chi connectivity index (χ3v) is 4.69. The lowest BCUT2D eigenvalue weighted by Crippen LogP contribution is -2.27. The molecule has 0 saturated carbocycles. The summed E-state index contributed by atoms with van der Waals surface area (Å²) in [7, 11) is -2.34. The van der Waals surface area contributed by atoms with Gasteiger partial charge in [0, 0.05) is 31.9 Å². The topological polar surface area (TPSA) is 93.7 Å². The molecule has 0 spiro atoms. The molecule has 136 valence electrons. The molecular formula is C16H26N2O5S. The molecule has 8 heteroatoms. The maximum atomic E-state index is 12.3. The zero-order valence-corrected chi connectivity index (χ0v) is 15.2. The summed E-state index contributed by atoms with van der Waals surface area (Å²) in [6.45, 7) is 5.76. The summed E-state index contributed by atoms with van der Waals surface area (Å²) in [5.41, 5.74) is 0.268. The van der Waals surface area contributed by atoms with Gasteiger partial charge < -0.3 is 14.8 Å². The third-order valence-electron chi connectivity index (χ3n) is 3.21. The zero-order chi connectivity index (χ0) is 18.0. The first-order valence-electron chi connectivity index (χ1n) is 7.99. The van der Waals surface area contributed by atoms with Gasteiger partial charge in [-0.05, 0) is 38.0 Å². The zero-order valence-electron chi connectivity index (χ0n) is 14.4. The highest BCUT2D eigenvalue weighted by molar-refractivity contribution is 7.89. The fourth-order valence-electron chi connectivity index (χ4n) is 1.96. The largest absolute Gasteiger partial charge is 0.495 e. The Morgan fingerprint density at radius 1 is 1.21 bits per heavy atom. The van der Waals surface area contributed by atoms with Crippen molar-refractivity contribution < 1.29 is 22.7 Å². The lowest BCUT2D eigenvalue weighted by molar-refractivity contribution is 0.0944. The van der Waals surface area contributed by atoms with E-state index in [1.54, 1.807) is 0 Å². The van der Waals surface area contributed by atoms with Gasteiger partial charge in [-0.3, -0.25) is 4.79 Å². The number of ether oxygens (including phenoxy) is 2. The Labute approximate surface area is 143 Å². The first kappa shape index (κ1) is 20.4. The van der Waals surface area contributed by atoms with Crippen LogP contribution in [0.25, 0.3) is 0 Å². The number of carbonyl (C=O) groups excluding carboxylic acids is 1. The van der Waals surface area contributed by atoms with Crippen LogP contribution in [0.15, 0.2) is 23.1 Å². The predicted molar refractivity (Wildman–Crippen MR) is 91.9 cm³/mol. The van der Waals surface area contributed by atoms with E-state index in [2.05, 4.69) is 10.0 Å². The molecule has 0 aliphatic heterocycles. The normalized spacial score (nSPS) is 11.3. The van der Waals surface area contributed by atoms with Gasteiger partial charge in [-0.1, -0.05) is 6.92 Å². The molecular weight excluding hydrogens is 332 g/mol. The van der Waals surface area contributed by atoms with Crippen LogP contribution in [0.4, 0.5) is 0 Å². The van der Waals surface area contributed by atoms with Crippen molar-refractivity contribution in [3.63, 3.8) is 0 Å². The number of carbonyl (C=O) groups is 1. The first-order valence-corrected chi connectivity index (χ1v) is 9.48. The third kappa shape index (κ3) is 6.10. The van der Waals surface area contributed by atoms with Crippen LogP contribution in [0.3, 0.4) is 0 Å². The molecule has 1 aromatic rings. The van der Waals surface area contributed by atoms with Crippen molar-refractivity contribution in [2.45, 2.75) is 31.6 Å². The van der Waals surface area contributed by atoms with E-state index in [-0.39, 0.29) is 22.1 Å². The van der Waals surface area contributed by atoms with E-state index in [9.17, 15) is 13.2 Å². The molecule has 0 radical (unpaired) electrons. The van der Waals surface area contributed by atoms with E-state index < -0.39 is 10.0 Å². The van der Waals surface area contributed by atoms with Gasteiger partial charge in [0.25, 0.3) is 5.91 Å². The summed E-state index contributed by atoms with van der Waals surface area (Å²) in [5, 5.41) is 2.74. The lowest BCUT2D eigenvalue weighted by atomic mass is 10.2. The summed E-state index contributed by atoms with van der Waals surface area (Å²) in [6.07, 6.45) is 1.36. The maximum Gasteiger partial charge on any atom is 0.251 e. The van der Waals surface area contributed by atoms with Gasteiger partial charge in [0.15, 0.2) is 0 Å². The van der Waals surface area contributed by atoms with E-state index in [0.29, 0.717) is 39.1 Å². The van der Waals surface area contributed by atoms with Crippen molar-refractivity contribution >= 4 is 15.9 Å². The number of amides is 1. The maximum absolute atomic E-state index is 12.3. The Bertz CT molecular complexity index is 631. The Morgan fingerprint density at radius 2 is 1.96 bits per heavy atom. The van der Waals surface area contributed by atoms with Crippen LogP contribution in [0.2, 0.25) is 0 Å². The van der Waals surface area contributed by atoms with E-state index >= 15 is 0 Å². The molecule has 0 aliphatic rings. The van der Waals surface area contributed by atoms with Gasteiger partial charge in [-0.2, -0.15) is 0 Å². The number of sulfonamides is 1. The van der Waals surface area contributed by atoms with Gasteiger partial charge in [0.1, 0.15) is 10.6 Å². The van der Waals surface area contributed by atoms with Gasteiger partial charge in [-0.15, -0.1) is 0 Å². The second-order valence-electron chi connectivity index (χ2n) is 5.07. The van der Waals surface area contributed by atoms with Crippen LogP contribution in [0.1, 0.15) is 37.0 Å². The lowest BCUT2D eigenvalue weighted by Gasteiger charge is -2.12. The van der Waals surface area contributed by atoms with Gasteiger partial charge in [-0.25, -0.2) is 13.1 Å². The van der Waals surface area contributed by atoms with Crippen molar-refractivity contribution in [2.24, 2.45) is 0 Å². The average Bonchev–Trinajstić information content (AvgIpc) is 2.59. The number of methoxy groups -OCH3 is 1. The fourth-order valence-corrected chi connectivity index (χ4v) is 3.29. The van der Waals surface area contributed by atoms with Crippen molar-refractivity contribution in [3.8, 4) is 5.75 Å². The van der Waals surface area contributed by atoms with Crippen LogP contribution >= 0.6 is 0 Å². The summed E-state index contributed by atoms with van der Waals surface area (Å²) >= 11 is 0. The summed E-state index contributed by atoms with van der Waals surface area (Å²) in [4.78, 5) is 12.1. The summed E-state index contributed by atoms with van der Waals surface area (Å²) in [6, 6.07) is 4.35. The molecule has 1 rings (SSSR count). The van der Waals surface area contributed by atoms with Gasteiger partial charge in [0.05, 0.1) is 7.11 Å². The quantitative estimate of drug-likeness (QED) is 0.585. The molecule has 0 heterocycles. The molecule has 0 saturated heterocycles. The van der Waals surface area contributed by atoms with Crippen LogP contribution in [-0.4, -0.2) is 47.7 Å². The van der Waals surface area contributed by atoms with E-state index in [1.807, 2.05) is 13.8 Å². The number of rotatable bonds is 11. The van der Waals surface area contributed by atoms with Crippen molar-refractivity contribution in [1.29, 1.82) is 0 Å². The van der Waals surface area contributed by atoms with E-state index in [0.717, 1.165) is 0 Å². The minimum Gasteiger partial charge on any atom is -0.495 e. The molecule has 0 fully saturated rings. The Kier molecular flexibility index (Phi) is 8.73. The Balaban J connectivity index is 2.87. The predicted octanol–water partition coefficient (Wildman–Crippen LogP) is 1.54. The molecule has 1 amide bonds. The van der Waals surface area contributed by atoms with Gasteiger partial charge in [0.2, 0.25) is 10.0 Å². The number of nitrogens with one attached hydrogen (secondary N) is 2. The van der Waals surface area contributed by atoms with Crippen molar-refractivity contribution in [3.05, 3.63) is 23.8 Å². The number of benzene rings is 1. The molecule has 2 N–H and O–H groups in total. The first-order chi connectivity index (χ1) is 11.5. The Morgan fingerprint density at radius 3 is 2.58 bits per heavy atom. The summed E-state index contributed by atoms with van der Waals surface area (Å²) in [5.74, 6) is -0.132. The number of hydrogen-bond acceptors (Lipinski definition) is 5. The minimum atomic E-state index is -3.73. The highest BCUT2D eigenvalue weighted by Crippen LogP contribution is 2.24. The Hall–Kier alpha value is -1.64. The smallest absolute Gasteiger partial charge is 0.251 e. The van der Waals surface area contributed by atoms with Crippen molar-refractivity contribution in [1.82, 2.24) is 10.0 Å². The molecule has 0 unspecified atom stereocenters. The van der Waals surface area contributed by atoms with Crippen LogP contribution < -0.4 is 14.8 Å². The minimum absolute atomic E-state index is 0.0413. The van der Waals surface area contributed by atoms with Crippen LogP contribution in [0.5, 0.6) is 5.75 Å². The standard InChI is InChI=1S/C16H26N2O5S/c1-4-9-18-24(20,21)15-12-13(7-8-14(15)22-3)16(19)17-10-6-11-23-5-2/h7-8,12,18H,4-6,9-11H2,1-3H3,(H,17,19). The monoisotopic (exact) mass is 358 g/mol. The molecule has 1 aromatic carbocycles. The molecule has 0 atom stereocenters. The molecule has 0 aliphatic carbocycles. The highest BCUT2D eigenvalue weighted by Gasteiger charge is 2.21. The average molecular weight is 358 g/mol. The van der Waals surface area contributed by atoms with Gasteiger partial charge >= 0.3 is 0 Å². The molecule has 0 bridgehead atoms. The number of hydrogen-bond donors (Lipinski definition) is 2. The second-order valence-corrected chi connectivity index (χ2v) is 6.81. The van der Waals surface area contributed by atoms with Crippen molar-refractivity contribution in [2.75, 3.05) is 33.4 Å². The molecule has 24 heavy (non-hydrogen) atoms. The second kappa shape index (κ2) is 10.3. The fraction of sp³-hybridized carbons (Fsp3) is 0.562. The van der Waals surface area contributed by atoms with E-state index in [4.69, 9.17) is 9.47 Å². The SMILES string of the molecule is CCCNS(=O)(=O)c1cc(C(=O)NCCCOCC)ccc1OC. The summed E-state index contributed by atoms with van der Waals surface area (Å²) < 4.78 is 37.5. The van der Waals surface area contributed by atoms with E-state index in [1.165, 1.54) is 25.3 Å². The molecule has 0 aromatic heterocycles. The highest BCUT2D eigenvalue weighted by atomic mass is 32.2. The molecule has 7 nitrogen and oxygen atoms in total.